The van der Waals surface area contributed by atoms with E-state index in [1.165, 1.54) is 0 Å². The SMILES string of the molecule is CN(C)c1ccc(/C=N/c2nc(NC3CC3)c3ncn([C@H]4C=C[C@@H](CO)C4)c3n2)cc1. The summed E-state index contributed by atoms with van der Waals surface area (Å²) in [5, 5.41) is 13.0. The average Bonchev–Trinajstić information content (AvgIpc) is 3.29. The van der Waals surface area contributed by atoms with Crippen LogP contribution in [0, 0.1) is 5.92 Å². The minimum Gasteiger partial charge on any atom is -0.396 e. The van der Waals surface area contributed by atoms with Gasteiger partial charge in [-0.3, -0.25) is 0 Å². The lowest BCUT2D eigenvalue weighted by Crippen LogP contribution is -2.09. The monoisotopic (exact) mass is 417 g/mol. The Morgan fingerprint density at radius 1 is 1.19 bits per heavy atom. The van der Waals surface area contributed by atoms with Crippen LogP contribution in [0.2, 0.25) is 0 Å². The first kappa shape index (κ1) is 19.7. The predicted molar refractivity (Wildman–Crippen MR) is 123 cm³/mol. The molecule has 2 aliphatic carbocycles. The number of aromatic nitrogens is 4. The van der Waals surface area contributed by atoms with Gasteiger partial charge in [-0.05, 0) is 37.0 Å². The molecule has 0 bridgehead atoms. The molecular formula is C23H27N7O. The van der Waals surface area contributed by atoms with Crippen LogP contribution >= 0.6 is 0 Å². The Morgan fingerprint density at radius 2 is 2.00 bits per heavy atom. The number of fused-ring (bicyclic) bond motifs is 1. The molecule has 8 heteroatoms. The van der Waals surface area contributed by atoms with Gasteiger partial charge in [0, 0.05) is 44.6 Å². The Bertz CT molecular complexity index is 1130. The summed E-state index contributed by atoms with van der Waals surface area (Å²) in [5.74, 6) is 1.33. The molecule has 31 heavy (non-hydrogen) atoms. The second kappa shape index (κ2) is 8.11. The third-order valence-electron chi connectivity index (χ3n) is 5.81. The lowest BCUT2D eigenvalue weighted by Gasteiger charge is -2.13. The van der Waals surface area contributed by atoms with Gasteiger partial charge >= 0.3 is 0 Å². The molecule has 0 unspecified atom stereocenters. The lowest BCUT2D eigenvalue weighted by atomic mass is 10.1. The molecule has 2 N–H and O–H groups in total. The number of nitrogens with zero attached hydrogens (tertiary/aromatic N) is 6. The van der Waals surface area contributed by atoms with Crippen molar-refractivity contribution in [2.45, 2.75) is 31.3 Å². The third-order valence-corrected chi connectivity index (χ3v) is 5.81. The van der Waals surface area contributed by atoms with Crippen LogP contribution in [-0.2, 0) is 0 Å². The summed E-state index contributed by atoms with van der Waals surface area (Å²) in [4.78, 5) is 20.6. The Kier molecular flexibility index (Phi) is 5.15. The molecule has 8 nitrogen and oxygen atoms in total. The van der Waals surface area contributed by atoms with E-state index in [1.54, 1.807) is 6.21 Å². The number of hydrogen-bond donors (Lipinski definition) is 2. The molecule has 0 saturated heterocycles. The number of rotatable bonds is 7. The fourth-order valence-corrected chi connectivity index (χ4v) is 3.81. The summed E-state index contributed by atoms with van der Waals surface area (Å²) in [6.07, 6.45) is 10.9. The van der Waals surface area contributed by atoms with Gasteiger partial charge in [0.25, 0.3) is 5.95 Å². The van der Waals surface area contributed by atoms with Crippen LogP contribution in [0.25, 0.3) is 11.2 Å². The minimum absolute atomic E-state index is 0.126. The molecule has 1 fully saturated rings. The van der Waals surface area contributed by atoms with Gasteiger partial charge in [-0.25, -0.2) is 9.98 Å². The zero-order chi connectivity index (χ0) is 21.4. The molecule has 1 aromatic carbocycles. The number of hydrogen-bond acceptors (Lipinski definition) is 7. The molecule has 0 spiro atoms. The first-order chi connectivity index (χ1) is 15.1. The summed E-state index contributed by atoms with van der Waals surface area (Å²) in [5.41, 5.74) is 3.66. The summed E-state index contributed by atoms with van der Waals surface area (Å²) in [6, 6.07) is 8.76. The Labute approximate surface area is 181 Å². The first-order valence-electron chi connectivity index (χ1n) is 10.7. The van der Waals surface area contributed by atoms with Crippen molar-refractivity contribution in [3.05, 3.63) is 48.3 Å². The second-order valence-electron chi connectivity index (χ2n) is 8.49. The van der Waals surface area contributed by atoms with Crippen LogP contribution in [0.4, 0.5) is 17.5 Å². The fourth-order valence-electron chi connectivity index (χ4n) is 3.81. The van der Waals surface area contributed by atoms with Gasteiger partial charge in [-0.2, -0.15) is 9.97 Å². The molecule has 2 heterocycles. The largest absolute Gasteiger partial charge is 0.396 e. The number of allylic oxidation sites excluding steroid dienone is 1. The molecule has 160 valence electrons. The van der Waals surface area contributed by atoms with Crippen LogP contribution in [-0.4, -0.2) is 57.6 Å². The van der Waals surface area contributed by atoms with Crippen molar-refractivity contribution in [1.82, 2.24) is 19.5 Å². The highest BCUT2D eigenvalue weighted by molar-refractivity contribution is 5.86. The van der Waals surface area contributed by atoms with E-state index in [1.807, 2.05) is 32.6 Å². The van der Waals surface area contributed by atoms with Gasteiger partial charge in [0.15, 0.2) is 17.0 Å². The second-order valence-corrected chi connectivity index (χ2v) is 8.49. The van der Waals surface area contributed by atoms with Crippen LogP contribution in [0.3, 0.4) is 0 Å². The van der Waals surface area contributed by atoms with Crippen LogP contribution in [0.5, 0.6) is 0 Å². The minimum atomic E-state index is 0.126. The first-order valence-corrected chi connectivity index (χ1v) is 10.7. The smallest absolute Gasteiger partial charge is 0.253 e. The van der Waals surface area contributed by atoms with E-state index in [2.05, 4.69) is 54.0 Å². The highest BCUT2D eigenvalue weighted by Crippen LogP contribution is 2.33. The van der Waals surface area contributed by atoms with Crippen LogP contribution in [0.15, 0.2) is 47.7 Å². The molecule has 0 aliphatic heterocycles. The van der Waals surface area contributed by atoms with E-state index in [-0.39, 0.29) is 18.6 Å². The van der Waals surface area contributed by atoms with Crippen molar-refractivity contribution in [2.24, 2.45) is 10.9 Å². The van der Waals surface area contributed by atoms with Gasteiger partial charge < -0.3 is 19.9 Å². The standard InChI is InChI=1S/C23H27N7O/c1-29(2)18-8-3-15(4-9-18)12-24-23-27-21(26-17-6-7-17)20-22(28-23)30(14-25-20)19-10-5-16(11-19)13-31/h3-5,8-10,12,14,16-17,19,31H,6-7,11,13H2,1-2H3,(H,26,27,28)/b24-12+/t16-,19+/m1/s1. The molecule has 2 atom stereocenters. The molecule has 0 amide bonds. The Morgan fingerprint density at radius 3 is 2.68 bits per heavy atom. The topological polar surface area (TPSA) is 91.5 Å². The van der Waals surface area contributed by atoms with E-state index < -0.39 is 0 Å². The predicted octanol–water partition coefficient (Wildman–Crippen LogP) is 3.33. The van der Waals surface area contributed by atoms with Crippen LogP contribution in [0.1, 0.15) is 30.9 Å². The zero-order valence-corrected chi connectivity index (χ0v) is 17.8. The Balaban J connectivity index is 1.48. The normalized spacial score (nSPS) is 20.7. The van der Waals surface area contributed by atoms with Gasteiger partial charge in [0.1, 0.15) is 0 Å². The molecular weight excluding hydrogens is 390 g/mol. The number of aliphatic hydroxyl groups is 1. The van der Waals surface area contributed by atoms with Crippen molar-refractivity contribution in [1.29, 1.82) is 0 Å². The number of benzene rings is 1. The van der Waals surface area contributed by atoms with Crippen molar-refractivity contribution in [3.63, 3.8) is 0 Å². The van der Waals surface area contributed by atoms with Gasteiger partial charge in [0.05, 0.1) is 12.4 Å². The number of nitrogens with one attached hydrogen (secondary N) is 1. The Hall–Kier alpha value is -3.26. The van der Waals surface area contributed by atoms with E-state index >= 15 is 0 Å². The van der Waals surface area contributed by atoms with Crippen molar-refractivity contribution in [3.8, 4) is 0 Å². The number of aliphatic hydroxyl groups excluding tert-OH is 1. The highest BCUT2D eigenvalue weighted by atomic mass is 16.3. The summed E-state index contributed by atoms with van der Waals surface area (Å²) in [7, 11) is 4.04. The van der Waals surface area contributed by atoms with Gasteiger partial charge in [-0.15, -0.1) is 0 Å². The summed E-state index contributed by atoms with van der Waals surface area (Å²) in [6.45, 7) is 0.158. The van der Waals surface area contributed by atoms with Crippen molar-refractivity contribution < 1.29 is 5.11 Å². The van der Waals surface area contributed by atoms with E-state index in [9.17, 15) is 5.11 Å². The molecule has 2 aromatic heterocycles. The van der Waals surface area contributed by atoms with Gasteiger partial charge in [0.2, 0.25) is 0 Å². The summed E-state index contributed by atoms with van der Waals surface area (Å²) >= 11 is 0. The molecule has 5 rings (SSSR count). The van der Waals surface area contributed by atoms with E-state index in [0.717, 1.165) is 47.5 Å². The highest BCUT2D eigenvalue weighted by Gasteiger charge is 2.26. The number of imidazole rings is 1. The maximum absolute atomic E-state index is 9.48. The quantitative estimate of drug-likeness (QED) is 0.453. The maximum atomic E-state index is 9.48. The van der Waals surface area contributed by atoms with Crippen molar-refractivity contribution in [2.75, 3.05) is 30.9 Å². The molecule has 3 aromatic rings. The zero-order valence-electron chi connectivity index (χ0n) is 17.8. The average molecular weight is 418 g/mol. The fraction of sp³-hybridized carbons (Fsp3) is 0.391. The summed E-state index contributed by atoms with van der Waals surface area (Å²) < 4.78 is 2.06. The lowest BCUT2D eigenvalue weighted by molar-refractivity contribution is 0.244. The van der Waals surface area contributed by atoms with Crippen molar-refractivity contribution >= 4 is 34.8 Å². The molecule has 1 saturated carbocycles. The third kappa shape index (κ3) is 4.16. The number of anilines is 2. The maximum Gasteiger partial charge on any atom is 0.253 e. The number of aliphatic imine (C=N–C) groups is 1. The molecule has 0 radical (unpaired) electrons. The van der Waals surface area contributed by atoms with Gasteiger partial charge in [-0.1, -0.05) is 24.3 Å². The van der Waals surface area contributed by atoms with Crippen LogP contribution < -0.4 is 10.2 Å². The van der Waals surface area contributed by atoms with E-state index in [0.29, 0.717) is 12.0 Å². The molecule has 2 aliphatic rings. The van der Waals surface area contributed by atoms with E-state index in [4.69, 9.17) is 4.98 Å².